The summed E-state index contributed by atoms with van der Waals surface area (Å²) in [5.74, 6) is 0.374. The second kappa shape index (κ2) is 7.55. The minimum absolute atomic E-state index is 0.0820. The molecule has 3 aromatic rings. The van der Waals surface area contributed by atoms with Gasteiger partial charge in [-0.1, -0.05) is 57.6 Å². The van der Waals surface area contributed by atoms with Gasteiger partial charge in [-0.3, -0.25) is 10.1 Å². The van der Waals surface area contributed by atoms with E-state index in [1.54, 1.807) is 0 Å². The van der Waals surface area contributed by atoms with E-state index in [4.69, 9.17) is 4.74 Å². The van der Waals surface area contributed by atoms with Gasteiger partial charge in [0.05, 0.1) is 0 Å². The minimum atomic E-state index is -0.272. The summed E-state index contributed by atoms with van der Waals surface area (Å²) in [6.07, 6.45) is 0. The number of hydrogen-bond donors (Lipinski definition) is 1. The molecule has 0 aliphatic heterocycles. The van der Waals surface area contributed by atoms with E-state index in [0.29, 0.717) is 10.9 Å². The molecule has 0 saturated heterocycles. The number of nitrogens with zero attached hydrogens (tertiary/aromatic N) is 2. The first kappa shape index (κ1) is 16.6. The third-order valence-electron chi connectivity index (χ3n) is 3.19. The van der Waals surface area contributed by atoms with Crippen molar-refractivity contribution in [1.82, 2.24) is 10.2 Å². The summed E-state index contributed by atoms with van der Waals surface area (Å²) in [6, 6.07) is 15.3. The van der Waals surface area contributed by atoms with Crippen molar-refractivity contribution in [1.29, 1.82) is 0 Å². The van der Waals surface area contributed by atoms with Crippen LogP contribution in [0.5, 0.6) is 5.75 Å². The van der Waals surface area contributed by atoms with Crippen LogP contribution in [0.25, 0.3) is 10.6 Å². The maximum absolute atomic E-state index is 12.0. The average molecular weight is 404 g/mol. The molecule has 1 heterocycles. The quantitative estimate of drug-likeness (QED) is 0.689. The van der Waals surface area contributed by atoms with E-state index < -0.39 is 0 Å². The number of halogens is 1. The molecule has 0 aliphatic rings. The third kappa shape index (κ3) is 4.18. The zero-order valence-electron chi connectivity index (χ0n) is 12.8. The van der Waals surface area contributed by atoms with Crippen LogP contribution in [0.1, 0.15) is 5.56 Å². The van der Waals surface area contributed by atoms with E-state index in [-0.39, 0.29) is 12.5 Å². The zero-order chi connectivity index (χ0) is 16.9. The maximum atomic E-state index is 12.0. The van der Waals surface area contributed by atoms with E-state index in [1.165, 1.54) is 11.3 Å². The second-order valence-corrected chi connectivity index (χ2v) is 6.86. The van der Waals surface area contributed by atoms with Gasteiger partial charge in [0.1, 0.15) is 10.8 Å². The highest BCUT2D eigenvalue weighted by Crippen LogP contribution is 2.26. The van der Waals surface area contributed by atoms with E-state index >= 15 is 0 Å². The fraction of sp³-hybridized carbons (Fsp3) is 0.118. The normalized spacial score (nSPS) is 10.4. The van der Waals surface area contributed by atoms with Crippen LogP contribution in [0, 0.1) is 6.92 Å². The van der Waals surface area contributed by atoms with Crippen molar-refractivity contribution in [2.45, 2.75) is 6.92 Å². The fourth-order valence-electron chi connectivity index (χ4n) is 1.98. The Morgan fingerprint density at radius 2 is 2.00 bits per heavy atom. The summed E-state index contributed by atoms with van der Waals surface area (Å²) in [4.78, 5) is 12.0. The topological polar surface area (TPSA) is 64.1 Å². The van der Waals surface area contributed by atoms with Crippen molar-refractivity contribution < 1.29 is 9.53 Å². The van der Waals surface area contributed by atoms with Crippen LogP contribution in [0.15, 0.2) is 53.0 Å². The first-order valence-electron chi connectivity index (χ1n) is 7.19. The van der Waals surface area contributed by atoms with Gasteiger partial charge in [-0.2, -0.15) is 0 Å². The van der Waals surface area contributed by atoms with Crippen LogP contribution in [0.2, 0.25) is 0 Å². The molecule has 0 saturated carbocycles. The van der Waals surface area contributed by atoms with Crippen molar-refractivity contribution in [3.63, 3.8) is 0 Å². The lowest BCUT2D eigenvalue weighted by atomic mass is 10.2. The number of ether oxygens (including phenoxy) is 1. The van der Waals surface area contributed by atoms with Gasteiger partial charge in [0.25, 0.3) is 5.91 Å². The number of carbonyl (C=O) groups is 1. The molecule has 3 rings (SSSR count). The standard InChI is InChI=1S/C17H14BrN3O2S/c1-11-9-13(7-8-14(11)18)23-10-15(22)19-17-21-20-16(24-17)12-5-3-2-4-6-12/h2-9H,10H2,1H3,(H,19,21,22). The predicted molar refractivity (Wildman–Crippen MR) is 98.3 cm³/mol. The lowest BCUT2D eigenvalue weighted by Crippen LogP contribution is -2.20. The molecule has 1 N–H and O–H groups in total. The van der Waals surface area contributed by atoms with Crippen LogP contribution < -0.4 is 10.1 Å². The molecule has 0 unspecified atom stereocenters. The molecule has 0 radical (unpaired) electrons. The van der Waals surface area contributed by atoms with Gasteiger partial charge in [0.15, 0.2) is 6.61 Å². The monoisotopic (exact) mass is 403 g/mol. The van der Waals surface area contributed by atoms with Crippen LogP contribution in [0.3, 0.4) is 0 Å². The van der Waals surface area contributed by atoms with E-state index in [9.17, 15) is 4.79 Å². The Bertz CT molecular complexity index is 852. The summed E-state index contributed by atoms with van der Waals surface area (Å²) >= 11 is 4.75. The number of rotatable bonds is 5. The smallest absolute Gasteiger partial charge is 0.264 e. The Morgan fingerprint density at radius 3 is 2.75 bits per heavy atom. The summed E-state index contributed by atoms with van der Waals surface area (Å²) in [5.41, 5.74) is 2.02. The molecule has 0 fully saturated rings. The van der Waals surface area contributed by atoms with E-state index in [1.807, 2.05) is 55.5 Å². The lowest BCUT2D eigenvalue weighted by molar-refractivity contribution is -0.118. The molecule has 5 nitrogen and oxygen atoms in total. The highest BCUT2D eigenvalue weighted by molar-refractivity contribution is 9.10. The molecule has 0 atom stereocenters. The summed E-state index contributed by atoms with van der Waals surface area (Å²) in [7, 11) is 0. The van der Waals surface area contributed by atoms with Gasteiger partial charge in [0.2, 0.25) is 5.13 Å². The molecule has 24 heavy (non-hydrogen) atoms. The Morgan fingerprint density at radius 1 is 1.21 bits per heavy atom. The van der Waals surface area contributed by atoms with E-state index in [2.05, 4.69) is 31.4 Å². The number of anilines is 1. The van der Waals surface area contributed by atoms with Crippen LogP contribution in [-0.2, 0) is 4.79 Å². The summed E-state index contributed by atoms with van der Waals surface area (Å²) < 4.78 is 6.49. The van der Waals surface area contributed by atoms with Gasteiger partial charge in [-0.15, -0.1) is 10.2 Å². The predicted octanol–water partition coefficient (Wildman–Crippen LogP) is 4.29. The average Bonchev–Trinajstić information content (AvgIpc) is 3.05. The van der Waals surface area contributed by atoms with Gasteiger partial charge >= 0.3 is 0 Å². The van der Waals surface area contributed by atoms with Crippen molar-refractivity contribution in [3.05, 3.63) is 58.6 Å². The molecular formula is C17H14BrN3O2S. The molecule has 122 valence electrons. The van der Waals surface area contributed by atoms with Gasteiger partial charge in [-0.25, -0.2) is 0 Å². The number of amides is 1. The Balaban J connectivity index is 1.57. The van der Waals surface area contributed by atoms with Crippen LogP contribution >= 0.6 is 27.3 Å². The minimum Gasteiger partial charge on any atom is -0.484 e. The molecule has 0 bridgehead atoms. The van der Waals surface area contributed by atoms with Gasteiger partial charge in [0, 0.05) is 10.0 Å². The lowest BCUT2D eigenvalue weighted by Gasteiger charge is -2.07. The Labute approximate surface area is 151 Å². The zero-order valence-corrected chi connectivity index (χ0v) is 15.2. The van der Waals surface area contributed by atoms with Crippen LogP contribution in [-0.4, -0.2) is 22.7 Å². The third-order valence-corrected chi connectivity index (χ3v) is 4.97. The highest BCUT2D eigenvalue weighted by Gasteiger charge is 2.10. The number of aromatic nitrogens is 2. The van der Waals surface area contributed by atoms with Crippen molar-refractivity contribution >= 4 is 38.3 Å². The summed E-state index contributed by atoms with van der Waals surface area (Å²) in [5, 5.41) is 12.0. The molecule has 1 aromatic heterocycles. The molecule has 2 aromatic carbocycles. The Hall–Kier alpha value is -2.25. The first-order valence-corrected chi connectivity index (χ1v) is 8.80. The van der Waals surface area contributed by atoms with Crippen molar-refractivity contribution in [2.75, 3.05) is 11.9 Å². The SMILES string of the molecule is Cc1cc(OCC(=O)Nc2nnc(-c3ccccc3)s2)ccc1Br. The number of aryl methyl sites for hydroxylation is 1. The van der Waals surface area contributed by atoms with Crippen molar-refractivity contribution in [2.24, 2.45) is 0 Å². The number of benzene rings is 2. The number of nitrogens with one attached hydrogen (secondary N) is 1. The van der Waals surface area contributed by atoms with E-state index in [0.717, 1.165) is 20.6 Å². The molecular weight excluding hydrogens is 390 g/mol. The maximum Gasteiger partial charge on any atom is 0.264 e. The number of hydrogen-bond acceptors (Lipinski definition) is 5. The summed E-state index contributed by atoms with van der Waals surface area (Å²) in [6.45, 7) is 1.88. The molecule has 0 aliphatic carbocycles. The molecule has 7 heteroatoms. The van der Waals surface area contributed by atoms with Crippen LogP contribution in [0.4, 0.5) is 5.13 Å². The van der Waals surface area contributed by atoms with Crippen molar-refractivity contribution in [3.8, 4) is 16.3 Å². The second-order valence-electron chi connectivity index (χ2n) is 5.03. The first-order chi connectivity index (χ1) is 11.6. The number of carbonyl (C=O) groups excluding carboxylic acids is 1. The fourth-order valence-corrected chi connectivity index (χ4v) is 2.99. The highest BCUT2D eigenvalue weighted by atomic mass is 79.9. The molecule has 0 spiro atoms. The Kier molecular flexibility index (Phi) is 5.22. The largest absolute Gasteiger partial charge is 0.484 e. The molecule has 1 amide bonds. The van der Waals surface area contributed by atoms with Gasteiger partial charge < -0.3 is 4.74 Å². The van der Waals surface area contributed by atoms with Gasteiger partial charge in [-0.05, 0) is 30.7 Å².